The zero-order valence-corrected chi connectivity index (χ0v) is 18.2. The molecule has 0 atom stereocenters. The summed E-state index contributed by atoms with van der Waals surface area (Å²) >= 11 is 0. The summed E-state index contributed by atoms with van der Waals surface area (Å²) in [6, 6.07) is 13.8. The number of carbonyl (C=O) groups excluding carboxylic acids is 1. The number of amides is 1. The van der Waals surface area contributed by atoms with Gasteiger partial charge in [-0.1, -0.05) is 0 Å². The number of hydrogen-bond acceptors (Lipinski definition) is 6. The Morgan fingerprint density at radius 1 is 1.06 bits per heavy atom. The molecule has 164 valence electrons. The van der Waals surface area contributed by atoms with Crippen molar-refractivity contribution in [2.75, 3.05) is 43.1 Å². The van der Waals surface area contributed by atoms with Crippen LogP contribution in [0.3, 0.4) is 0 Å². The second-order valence-electron chi connectivity index (χ2n) is 7.71. The van der Waals surface area contributed by atoms with Gasteiger partial charge in [-0.15, -0.1) is 0 Å². The number of aryl methyl sites for hydroxylation is 1. The number of carbonyl (C=O) groups is 1. The standard InChI is InChI=1S/C24H25N5O3/c1-3-32-24(30)25-17-6-4-16(5-7-17)22-26-21-18-10-11-28(2)20(18)9-8-19(21)23(27-22)29-12-14-31-15-13-29/h4-11H,3,12-15H2,1-2H3,(H,25,30). The number of nitrogens with zero attached hydrogens (tertiary/aromatic N) is 4. The third-order valence-electron chi connectivity index (χ3n) is 5.68. The minimum Gasteiger partial charge on any atom is -0.450 e. The molecule has 1 fully saturated rings. The molecule has 2 aromatic carbocycles. The van der Waals surface area contributed by atoms with Gasteiger partial charge in [0.15, 0.2) is 5.82 Å². The molecule has 1 N–H and O–H groups in total. The van der Waals surface area contributed by atoms with Crippen LogP contribution in [0.4, 0.5) is 16.3 Å². The number of aromatic nitrogens is 3. The molecule has 1 saturated heterocycles. The van der Waals surface area contributed by atoms with E-state index in [0.29, 0.717) is 31.3 Å². The Morgan fingerprint density at radius 2 is 1.84 bits per heavy atom. The van der Waals surface area contributed by atoms with Crippen LogP contribution in [0.15, 0.2) is 48.7 Å². The summed E-state index contributed by atoms with van der Waals surface area (Å²) in [6.45, 7) is 5.05. The molecule has 0 saturated carbocycles. The number of benzene rings is 2. The number of anilines is 2. The summed E-state index contributed by atoms with van der Waals surface area (Å²) in [5, 5.41) is 4.85. The highest BCUT2D eigenvalue weighted by Gasteiger charge is 2.19. The Morgan fingerprint density at radius 3 is 2.59 bits per heavy atom. The molecule has 4 aromatic rings. The van der Waals surface area contributed by atoms with Gasteiger partial charge >= 0.3 is 6.09 Å². The summed E-state index contributed by atoms with van der Waals surface area (Å²) in [6.07, 6.45) is 1.58. The molecule has 1 aliphatic heterocycles. The third-order valence-corrected chi connectivity index (χ3v) is 5.68. The summed E-state index contributed by atoms with van der Waals surface area (Å²) in [5.74, 6) is 1.57. The van der Waals surface area contributed by atoms with Crippen LogP contribution in [0.2, 0.25) is 0 Å². The average Bonchev–Trinajstić information content (AvgIpc) is 3.21. The fourth-order valence-corrected chi connectivity index (χ4v) is 4.06. The van der Waals surface area contributed by atoms with Gasteiger partial charge in [0.25, 0.3) is 0 Å². The van der Waals surface area contributed by atoms with Crippen molar-refractivity contribution in [2.45, 2.75) is 6.92 Å². The maximum absolute atomic E-state index is 11.7. The molecule has 1 aliphatic rings. The van der Waals surface area contributed by atoms with Crippen LogP contribution in [0.5, 0.6) is 0 Å². The number of ether oxygens (including phenoxy) is 2. The first-order valence-electron chi connectivity index (χ1n) is 10.8. The maximum Gasteiger partial charge on any atom is 0.411 e. The predicted molar refractivity (Wildman–Crippen MR) is 125 cm³/mol. The summed E-state index contributed by atoms with van der Waals surface area (Å²) in [4.78, 5) is 23.9. The molecule has 8 nitrogen and oxygen atoms in total. The van der Waals surface area contributed by atoms with Gasteiger partial charge < -0.3 is 18.9 Å². The normalized spacial score (nSPS) is 14.1. The highest BCUT2D eigenvalue weighted by Crippen LogP contribution is 2.33. The van der Waals surface area contributed by atoms with E-state index in [1.807, 2.05) is 31.3 Å². The first kappa shape index (κ1) is 20.3. The summed E-state index contributed by atoms with van der Waals surface area (Å²) in [7, 11) is 2.04. The van der Waals surface area contributed by atoms with Crippen LogP contribution in [0, 0.1) is 0 Å². The largest absolute Gasteiger partial charge is 0.450 e. The van der Waals surface area contributed by atoms with Crippen LogP contribution >= 0.6 is 0 Å². The Balaban J connectivity index is 1.61. The Labute approximate surface area is 185 Å². The number of nitrogens with one attached hydrogen (secondary N) is 1. The van der Waals surface area contributed by atoms with Crippen molar-refractivity contribution in [3.05, 3.63) is 48.7 Å². The van der Waals surface area contributed by atoms with E-state index in [0.717, 1.165) is 46.3 Å². The molecule has 0 spiro atoms. The quantitative estimate of drug-likeness (QED) is 0.522. The maximum atomic E-state index is 11.7. The predicted octanol–water partition coefficient (Wildman–Crippen LogP) is 4.19. The van der Waals surface area contributed by atoms with E-state index in [1.54, 1.807) is 6.92 Å². The molecule has 0 radical (unpaired) electrons. The topological polar surface area (TPSA) is 81.5 Å². The van der Waals surface area contributed by atoms with Crippen molar-refractivity contribution >= 4 is 39.4 Å². The molecular weight excluding hydrogens is 406 g/mol. The molecule has 0 bridgehead atoms. The van der Waals surface area contributed by atoms with E-state index in [4.69, 9.17) is 19.4 Å². The number of hydrogen-bond donors (Lipinski definition) is 1. The van der Waals surface area contributed by atoms with E-state index in [1.165, 1.54) is 0 Å². The molecule has 1 amide bonds. The Bertz CT molecular complexity index is 1280. The highest BCUT2D eigenvalue weighted by molar-refractivity contribution is 6.08. The minimum atomic E-state index is -0.469. The van der Waals surface area contributed by atoms with Gasteiger partial charge in [0, 0.05) is 53.9 Å². The van der Waals surface area contributed by atoms with Crippen LogP contribution in [0.25, 0.3) is 33.2 Å². The highest BCUT2D eigenvalue weighted by atomic mass is 16.5. The Kier molecular flexibility index (Phi) is 5.36. The van der Waals surface area contributed by atoms with Crippen LogP contribution in [-0.4, -0.2) is 53.5 Å². The van der Waals surface area contributed by atoms with Crippen LogP contribution in [0.1, 0.15) is 6.92 Å². The zero-order valence-electron chi connectivity index (χ0n) is 18.2. The second kappa shape index (κ2) is 8.47. The number of fused-ring (bicyclic) bond motifs is 3. The van der Waals surface area contributed by atoms with Crippen molar-refractivity contribution in [1.82, 2.24) is 14.5 Å². The lowest BCUT2D eigenvalue weighted by molar-refractivity contribution is 0.122. The van der Waals surface area contributed by atoms with Gasteiger partial charge in [-0.25, -0.2) is 14.8 Å². The van der Waals surface area contributed by atoms with Gasteiger partial charge in [-0.3, -0.25) is 5.32 Å². The fraction of sp³-hybridized carbons (Fsp3) is 0.292. The second-order valence-corrected chi connectivity index (χ2v) is 7.71. The van der Waals surface area contributed by atoms with Gasteiger partial charge in [0.2, 0.25) is 0 Å². The molecule has 2 aromatic heterocycles. The Hall–Kier alpha value is -3.65. The molecule has 0 aliphatic carbocycles. The monoisotopic (exact) mass is 431 g/mol. The number of morpholine rings is 1. The van der Waals surface area contributed by atoms with Crippen molar-refractivity contribution in [1.29, 1.82) is 0 Å². The SMILES string of the molecule is CCOC(=O)Nc1ccc(-c2nc(N3CCOCC3)c3ccc4c(ccn4C)c3n2)cc1. The van der Waals surface area contributed by atoms with E-state index in [-0.39, 0.29) is 0 Å². The molecule has 8 heteroatoms. The van der Waals surface area contributed by atoms with Gasteiger partial charge in [0.05, 0.1) is 25.3 Å². The van der Waals surface area contributed by atoms with Gasteiger partial charge in [-0.05, 0) is 49.4 Å². The average molecular weight is 431 g/mol. The molecule has 32 heavy (non-hydrogen) atoms. The lowest BCUT2D eigenvalue weighted by atomic mass is 10.1. The summed E-state index contributed by atoms with van der Waals surface area (Å²) in [5.41, 5.74) is 3.60. The third kappa shape index (κ3) is 3.73. The summed E-state index contributed by atoms with van der Waals surface area (Å²) < 4.78 is 12.6. The molecule has 0 unspecified atom stereocenters. The molecular formula is C24H25N5O3. The smallest absolute Gasteiger partial charge is 0.411 e. The van der Waals surface area contributed by atoms with Crippen molar-refractivity contribution in [3.63, 3.8) is 0 Å². The number of rotatable bonds is 4. The van der Waals surface area contributed by atoms with Crippen LogP contribution < -0.4 is 10.2 Å². The first-order valence-corrected chi connectivity index (χ1v) is 10.8. The van der Waals surface area contributed by atoms with Gasteiger partial charge in [0.1, 0.15) is 5.82 Å². The van der Waals surface area contributed by atoms with E-state index >= 15 is 0 Å². The molecule has 5 rings (SSSR count). The zero-order chi connectivity index (χ0) is 22.1. The lowest BCUT2D eigenvalue weighted by Gasteiger charge is -2.29. The van der Waals surface area contributed by atoms with Crippen molar-refractivity contribution in [2.24, 2.45) is 7.05 Å². The van der Waals surface area contributed by atoms with E-state index in [9.17, 15) is 4.79 Å². The fourth-order valence-electron chi connectivity index (χ4n) is 4.06. The molecule has 3 heterocycles. The first-order chi connectivity index (χ1) is 15.6. The van der Waals surface area contributed by atoms with E-state index in [2.05, 4.69) is 39.2 Å². The lowest BCUT2D eigenvalue weighted by Crippen LogP contribution is -2.37. The van der Waals surface area contributed by atoms with Crippen LogP contribution in [-0.2, 0) is 16.5 Å². The van der Waals surface area contributed by atoms with Gasteiger partial charge in [-0.2, -0.15) is 0 Å². The van der Waals surface area contributed by atoms with Crippen molar-refractivity contribution in [3.8, 4) is 11.4 Å². The minimum absolute atomic E-state index is 0.327. The van der Waals surface area contributed by atoms with E-state index < -0.39 is 6.09 Å². The van der Waals surface area contributed by atoms with Crippen molar-refractivity contribution < 1.29 is 14.3 Å².